The molecule has 1 aromatic rings. The number of aromatic carboxylic acids is 1. The Kier molecular flexibility index (Phi) is 4.06. The van der Waals surface area contributed by atoms with Crippen LogP contribution in [-0.4, -0.2) is 17.7 Å². The van der Waals surface area contributed by atoms with Crippen molar-refractivity contribution >= 4 is 5.97 Å². The highest BCUT2D eigenvalue weighted by Gasteiger charge is 2.05. The van der Waals surface area contributed by atoms with Gasteiger partial charge in [-0.2, -0.15) is 0 Å². The lowest BCUT2D eigenvalue weighted by molar-refractivity contribution is 0.0696. The Bertz CT molecular complexity index is 369. The van der Waals surface area contributed by atoms with Crippen LogP contribution < -0.4 is 0 Å². The van der Waals surface area contributed by atoms with Crippen molar-refractivity contribution in [3.63, 3.8) is 0 Å². The maximum absolute atomic E-state index is 10.7. The van der Waals surface area contributed by atoms with E-state index < -0.39 is 5.97 Å². The molecule has 1 rings (SSSR count). The Morgan fingerprint density at radius 3 is 2.87 bits per heavy atom. The third kappa shape index (κ3) is 3.22. The van der Waals surface area contributed by atoms with Crippen LogP contribution in [0.15, 0.2) is 30.9 Å². The van der Waals surface area contributed by atoms with Crippen LogP contribution in [0.5, 0.6) is 0 Å². The van der Waals surface area contributed by atoms with Gasteiger partial charge in [-0.3, -0.25) is 0 Å². The molecule has 1 aromatic carbocycles. The summed E-state index contributed by atoms with van der Waals surface area (Å²) in [7, 11) is 0. The van der Waals surface area contributed by atoms with Gasteiger partial charge in [0.05, 0.1) is 18.8 Å². The van der Waals surface area contributed by atoms with Crippen molar-refractivity contribution in [1.29, 1.82) is 0 Å². The lowest BCUT2D eigenvalue weighted by Crippen LogP contribution is -2.00. The average Bonchev–Trinajstić information content (AvgIpc) is 2.20. The number of rotatable bonds is 5. The number of carboxylic acid groups (broad SMARTS) is 1. The van der Waals surface area contributed by atoms with Crippen LogP contribution in [0.2, 0.25) is 0 Å². The zero-order valence-corrected chi connectivity index (χ0v) is 8.69. The molecule has 0 heterocycles. The van der Waals surface area contributed by atoms with E-state index in [4.69, 9.17) is 9.84 Å². The minimum absolute atomic E-state index is 0.306. The lowest BCUT2D eigenvalue weighted by atomic mass is 10.1. The van der Waals surface area contributed by atoms with E-state index >= 15 is 0 Å². The summed E-state index contributed by atoms with van der Waals surface area (Å²) in [6.07, 6.45) is 1.68. The van der Waals surface area contributed by atoms with Crippen molar-refractivity contribution < 1.29 is 14.6 Å². The molecule has 0 aliphatic heterocycles. The fourth-order valence-electron chi connectivity index (χ4n) is 1.24. The highest BCUT2D eigenvalue weighted by molar-refractivity contribution is 5.87. The zero-order valence-electron chi connectivity index (χ0n) is 8.69. The summed E-state index contributed by atoms with van der Waals surface area (Å²) in [6, 6.07) is 5.01. The maximum Gasteiger partial charge on any atom is 0.335 e. The van der Waals surface area contributed by atoms with Gasteiger partial charge < -0.3 is 9.84 Å². The second-order valence-electron chi connectivity index (χ2n) is 3.25. The summed E-state index contributed by atoms with van der Waals surface area (Å²) in [5, 5.41) is 8.77. The van der Waals surface area contributed by atoms with E-state index in [0.717, 1.165) is 11.1 Å². The van der Waals surface area contributed by atoms with E-state index in [2.05, 4.69) is 6.58 Å². The molecule has 1 N–H and O–H groups in total. The van der Waals surface area contributed by atoms with E-state index in [-0.39, 0.29) is 0 Å². The molecule has 3 heteroatoms. The molecular formula is C12H14O3. The van der Waals surface area contributed by atoms with E-state index in [9.17, 15) is 4.79 Å². The van der Waals surface area contributed by atoms with Crippen molar-refractivity contribution in [2.75, 3.05) is 6.61 Å². The molecule has 0 aliphatic rings. The maximum atomic E-state index is 10.7. The molecule has 0 radical (unpaired) electrons. The summed E-state index contributed by atoms with van der Waals surface area (Å²) in [4.78, 5) is 10.7. The van der Waals surface area contributed by atoms with Crippen LogP contribution in [0, 0.1) is 6.92 Å². The first-order chi connectivity index (χ1) is 7.15. The van der Waals surface area contributed by atoms with Crippen LogP contribution in [0.4, 0.5) is 0 Å². The van der Waals surface area contributed by atoms with E-state index in [1.807, 2.05) is 6.92 Å². The number of benzene rings is 1. The molecule has 0 aromatic heterocycles. The molecule has 0 atom stereocenters. The second-order valence-corrected chi connectivity index (χ2v) is 3.25. The highest BCUT2D eigenvalue weighted by atomic mass is 16.5. The minimum atomic E-state index is -0.906. The molecule has 3 nitrogen and oxygen atoms in total. The second kappa shape index (κ2) is 5.32. The molecule has 0 spiro atoms. The molecule has 0 amide bonds. The quantitative estimate of drug-likeness (QED) is 0.594. The van der Waals surface area contributed by atoms with Gasteiger partial charge in [-0.15, -0.1) is 6.58 Å². The van der Waals surface area contributed by atoms with Gasteiger partial charge in [0.1, 0.15) is 0 Å². The van der Waals surface area contributed by atoms with Crippen LogP contribution in [0.3, 0.4) is 0 Å². The Balaban J connectivity index is 2.74. The van der Waals surface area contributed by atoms with Gasteiger partial charge in [-0.25, -0.2) is 4.79 Å². The smallest absolute Gasteiger partial charge is 0.335 e. The average molecular weight is 206 g/mol. The fraction of sp³-hybridized carbons (Fsp3) is 0.250. The summed E-state index contributed by atoms with van der Waals surface area (Å²) in [6.45, 7) is 6.41. The van der Waals surface area contributed by atoms with Gasteiger partial charge in [0, 0.05) is 0 Å². The monoisotopic (exact) mass is 206 g/mol. The lowest BCUT2D eigenvalue weighted by Gasteiger charge is -2.06. The molecule has 80 valence electrons. The summed E-state index contributed by atoms with van der Waals surface area (Å²) in [5.41, 5.74) is 2.24. The first kappa shape index (κ1) is 11.5. The van der Waals surface area contributed by atoms with Gasteiger partial charge in [0.15, 0.2) is 0 Å². The molecule has 0 saturated carbocycles. The number of carboxylic acids is 1. The standard InChI is InChI=1S/C12H14O3/c1-3-6-15-8-11-5-4-10(12(13)14)7-9(11)2/h3-5,7H,1,6,8H2,2H3,(H,13,14). The minimum Gasteiger partial charge on any atom is -0.478 e. The predicted molar refractivity (Wildman–Crippen MR) is 58.0 cm³/mol. The Morgan fingerprint density at radius 1 is 1.60 bits per heavy atom. The van der Waals surface area contributed by atoms with Gasteiger partial charge in [0.2, 0.25) is 0 Å². The number of ether oxygens (including phenoxy) is 1. The third-order valence-corrected chi connectivity index (χ3v) is 2.08. The van der Waals surface area contributed by atoms with Crippen molar-refractivity contribution in [2.45, 2.75) is 13.5 Å². The van der Waals surface area contributed by atoms with Crippen LogP contribution in [-0.2, 0) is 11.3 Å². The summed E-state index contributed by atoms with van der Waals surface area (Å²) < 4.78 is 5.28. The SMILES string of the molecule is C=CCOCc1ccc(C(=O)O)cc1C. The summed E-state index contributed by atoms with van der Waals surface area (Å²) in [5.74, 6) is -0.906. The largest absolute Gasteiger partial charge is 0.478 e. The van der Waals surface area contributed by atoms with E-state index in [1.165, 1.54) is 0 Å². The van der Waals surface area contributed by atoms with Crippen LogP contribution in [0.1, 0.15) is 21.5 Å². The number of hydrogen-bond acceptors (Lipinski definition) is 2. The predicted octanol–water partition coefficient (Wildman–Crippen LogP) is 2.40. The molecule has 0 unspecified atom stereocenters. The van der Waals surface area contributed by atoms with Gasteiger partial charge in [0.25, 0.3) is 0 Å². The van der Waals surface area contributed by atoms with Gasteiger partial charge >= 0.3 is 5.97 Å². The van der Waals surface area contributed by atoms with Gasteiger partial charge in [-0.05, 0) is 30.2 Å². The number of carbonyl (C=O) groups is 1. The normalized spacial score (nSPS) is 9.93. The van der Waals surface area contributed by atoms with Crippen molar-refractivity contribution in [3.05, 3.63) is 47.5 Å². The van der Waals surface area contributed by atoms with Gasteiger partial charge in [-0.1, -0.05) is 12.1 Å². The highest BCUT2D eigenvalue weighted by Crippen LogP contribution is 2.12. The molecule has 0 fully saturated rings. The topological polar surface area (TPSA) is 46.5 Å². The Hall–Kier alpha value is -1.61. The van der Waals surface area contributed by atoms with Crippen molar-refractivity contribution in [1.82, 2.24) is 0 Å². The molecule has 15 heavy (non-hydrogen) atoms. The number of aryl methyl sites for hydroxylation is 1. The first-order valence-corrected chi connectivity index (χ1v) is 4.66. The summed E-state index contributed by atoms with van der Waals surface area (Å²) >= 11 is 0. The third-order valence-electron chi connectivity index (χ3n) is 2.08. The van der Waals surface area contributed by atoms with Crippen LogP contribution >= 0.6 is 0 Å². The fourth-order valence-corrected chi connectivity index (χ4v) is 1.24. The first-order valence-electron chi connectivity index (χ1n) is 4.66. The molecule has 0 saturated heterocycles. The van der Waals surface area contributed by atoms with E-state index in [0.29, 0.717) is 18.8 Å². The Morgan fingerprint density at radius 2 is 2.33 bits per heavy atom. The van der Waals surface area contributed by atoms with Crippen molar-refractivity contribution in [2.24, 2.45) is 0 Å². The number of hydrogen-bond donors (Lipinski definition) is 1. The zero-order chi connectivity index (χ0) is 11.3. The Labute approximate surface area is 89.0 Å². The van der Waals surface area contributed by atoms with Crippen molar-refractivity contribution in [3.8, 4) is 0 Å². The molecular weight excluding hydrogens is 192 g/mol. The molecule has 0 aliphatic carbocycles. The van der Waals surface area contributed by atoms with Crippen LogP contribution in [0.25, 0.3) is 0 Å². The molecule has 0 bridgehead atoms. The van der Waals surface area contributed by atoms with E-state index in [1.54, 1.807) is 24.3 Å².